The lowest BCUT2D eigenvalue weighted by Crippen LogP contribution is -2.41. The van der Waals surface area contributed by atoms with E-state index in [0.717, 1.165) is 3.97 Å². The van der Waals surface area contributed by atoms with Crippen molar-refractivity contribution in [1.82, 2.24) is 23.5 Å². The van der Waals surface area contributed by atoms with Crippen molar-refractivity contribution >= 4 is 44.5 Å². The average molecular weight is 633 g/mol. The molecule has 1 fully saturated rings. The third-order valence-corrected chi connectivity index (χ3v) is 9.20. The minimum absolute atomic E-state index is 0.164. The van der Waals surface area contributed by atoms with Crippen LogP contribution in [0.1, 0.15) is 18.4 Å². The molecule has 1 aliphatic heterocycles. The molecule has 234 valence electrons. The summed E-state index contributed by atoms with van der Waals surface area (Å²) in [6, 6.07) is 13.5. The van der Waals surface area contributed by atoms with E-state index in [1.165, 1.54) is 27.5 Å². The van der Waals surface area contributed by atoms with Crippen molar-refractivity contribution < 1.29 is 27.4 Å². The number of anilines is 3. The van der Waals surface area contributed by atoms with Gasteiger partial charge in [-0.1, -0.05) is 30.3 Å². The molecule has 15 heteroatoms. The highest BCUT2D eigenvalue weighted by molar-refractivity contribution is 7.89. The minimum atomic E-state index is -3.87. The number of fused-ring (bicyclic) bond motifs is 1. The maximum atomic E-state index is 13.6. The molecule has 0 saturated carbocycles. The maximum absolute atomic E-state index is 13.6. The number of primary amides is 1. The molecular weight excluding hydrogens is 600 g/mol. The van der Waals surface area contributed by atoms with Gasteiger partial charge >= 0.3 is 0 Å². The van der Waals surface area contributed by atoms with E-state index in [9.17, 15) is 13.2 Å². The summed E-state index contributed by atoms with van der Waals surface area (Å²) >= 11 is 0. The number of ether oxygens (including phenoxy) is 3. The van der Waals surface area contributed by atoms with Gasteiger partial charge in [-0.3, -0.25) is 4.79 Å². The zero-order valence-electron chi connectivity index (χ0n) is 24.9. The van der Waals surface area contributed by atoms with Crippen LogP contribution in [0.15, 0.2) is 67.3 Å². The van der Waals surface area contributed by atoms with Crippen molar-refractivity contribution in [3.63, 3.8) is 0 Å². The minimum Gasteiger partial charge on any atom is -0.493 e. The van der Waals surface area contributed by atoms with E-state index in [1.54, 1.807) is 64.5 Å². The molecule has 1 atom stereocenters. The van der Waals surface area contributed by atoms with Crippen molar-refractivity contribution in [3.8, 4) is 22.9 Å². The first-order valence-electron chi connectivity index (χ1n) is 14.1. The van der Waals surface area contributed by atoms with Crippen molar-refractivity contribution in [3.05, 3.63) is 72.8 Å². The Morgan fingerprint density at radius 2 is 1.78 bits per heavy atom. The zero-order valence-corrected chi connectivity index (χ0v) is 25.7. The van der Waals surface area contributed by atoms with E-state index >= 15 is 0 Å². The van der Waals surface area contributed by atoms with Crippen molar-refractivity contribution in [2.24, 2.45) is 5.73 Å². The zero-order chi connectivity index (χ0) is 31.7. The van der Waals surface area contributed by atoms with Crippen LogP contribution in [0.25, 0.3) is 16.7 Å². The van der Waals surface area contributed by atoms with Gasteiger partial charge in [0.05, 0.1) is 44.4 Å². The normalized spacial score (nSPS) is 14.9. The SMILES string of the molecule is COc1cc(-n2cnc(Nc3nc(N4CCC[C@H]4C(N)=O)nc4c3ccn4S(=O)(=O)Cc3ccccc3)c2)cc(OC)c1OC. The summed E-state index contributed by atoms with van der Waals surface area (Å²) in [7, 11) is 0.733. The van der Waals surface area contributed by atoms with Crippen LogP contribution in [0.3, 0.4) is 0 Å². The van der Waals surface area contributed by atoms with Gasteiger partial charge in [0.15, 0.2) is 17.1 Å². The van der Waals surface area contributed by atoms with E-state index in [4.69, 9.17) is 24.9 Å². The van der Waals surface area contributed by atoms with Crippen LogP contribution in [0.4, 0.5) is 17.6 Å². The highest BCUT2D eigenvalue weighted by Crippen LogP contribution is 2.39. The van der Waals surface area contributed by atoms with Gasteiger partial charge in [-0.05, 0) is 24.5 Å². The third-order valence-electron chi connectivity index (χ3n) is 7.61. The van der Waals surface area contributed by atoms with Gasteiger partial charge in [0.1, 0.15) is 24.0 Å². The van der Waals surface area contributed by atoms with Gasteiger partial charge in [0.25, 0.3) is 0 Å². The molecule has 0 radical (unpaired) electrons. The summed E-state index contributed by atoms with van der Waals surface area (Å²) < 4.78 is 46.5. The molecule has 3 N–H and O–H groups in total. The van der Waals surface area contributed by atoms with Crippen molar-refractivity contribution in [2.75, 3.05) is 38.1 Å². The number of amides is 1. The smallest absolute Gasteiger partial charge is 0.244 e. The van der Waals surface area contributed by atoms with Crippen molar-refractivity contribution in [2.45, 2.75) is 24.6 Å². The van der Waals surface area contributed by atoms with E-state index in [2.05, 4.69) is 15.3 Å². The summed E-state index contributed by atoms with van der Waals surface area (Å²) in [5.41, 5.74) is 7.18. The largest absolute Gasteiger partial charge is 0.493 e. The van der Waals surface area contributed by atoms with E-state index in [0.29, 0.717) is 64.9 Å². The molecule has 14 nitrogen and oxygen atoms in total. The summed E-state index contributed by atoms with van der Waals surface area (Å²) in [4.78, 5) is 27.8. The number of benzene rings is 2. The number of carbonyl (C=O) groups excluding carboxylic acids is 1. The quantitative estimate of drug-likeness (QED) is 0.219. The molecular formula is C30H32N8O6S. The first-order valence-corrected chi connectivity index (χ1v) is 15.7. The first-order chi connectivity index (χ1) is 21.7. The second-order valence-corrected chi connectivity index (χ2v) is 12.2. The fraction of sp³-hybridized carbons (Fsp3) is 0.267. The number of hydrogen-bond acceptors (Lipinski definition) is 11. The number of nitrogens with one attached hydrogen (secondary N) is 1. The van der Waals surface area contributed by atoms with Crippen LogP contribution in [-0.4, -0.2) is 71.7 Å². The predicted octanol–water partition coefficient (Wildman–Crippen LogP) is 3.22. The molecule has 3 aromatic heterocycles. The Balaban J connectivity index is 1.42. The van der Waals surface area contributed by atoms with Crippen LogP contribution >= 0.6 is 0 Å². The van der Waals surface area contributed by atoms with E-state index in [-0.39, 0.29) is 17.3 Å². The standard InChI is InChI=1S/C30H32N8O6S/c1-42-23-14-20(15-24(43-2)26(23)44-3)36-16-25(32-18-36)33-28-21-11-13-38(45(40,41)17-19-8-5-4-6-9-19)29(21)35-30(34-28)37-12-7-10-22(37)27(31)39/h4-6,8-9,11,13-16,18,22H,7,10,12,17H2,1-3H3,(H2,31,39)(H,33,34,35)/t22-/m0/s1. The number of methoxy groups -OCH3 is 3. The average Bonchev–Trinajstić information content (AvgIpc) is 3.81. The summed E-state index contributed by atoms with van der Waals surface area (Å²) in [5.74, 6) is 1.60. The lowest BCUT2D eigenvalue weighted by Gasteiger charge is -2.23. The Labute approximate surface area is 259 Å². The Morgan fingerprint density at radius 1 is 1.04 bits per heavy atom. The van der Waals surface area contributed by atoms with Crippen LogP contribution in [0.5, 0.6) is 17.2 Å². The number of nitrogens with two attached hydrogens (primary N) is 1. The van der Waals surface area contributed by atoms with Gasteiger partial charge in [-0.15, -0.1) is 0 Å². The van der Waals surface area contributed by atoms with Gasteiger partial charge in [-0.25, -0.2) is 17.4 Å². The third kappa shape index (κ3) is 5.69. The lowest BCUT2D eigenvalue weighted by atomic mass is 10.2. The molecule has 45 heavy (non-hydrogen) atoms. The molecule has 0 unspecified atom stereocenters. The van der Waals surface area contributed by atoms with Gasteiger partial charge in [0.2, 0.25) is 27.6 Å². The fourth-order valence-corrected chi connectivity index (χ4v) is 6.85. The molecule has 2 aromatic carbocycles. The van der Waals surface area contributed by atoms with Gasteiger partial charge < -0.3 is 34.7 Å². The second-order valence-electron chi connectivity index (χ2n) is 10.4. The van der Waals surface area contributed by atoms with Crippen LogP contribution in [0.2, 0.25) is 0 Å². The van der Waals surface area contributed by atoms with Gasteiger partial charge in [0, 0.05) is 24.9 Å². The fourth-order valence-electron chi connectivity index (χ4n) is 5.45. The summed E-state index contributed by atoms with van der Waals surface area (Å²) in [6.45, 7) is 0.492. The summed E-state index contributed by atoms with van der Waals surface area (Å²) in [5, 5.41) is 3.67. The molecule has 4 heterocycles. The lowest BCUT2D eigenvalue weighted by molar-refractivity contribution is -0.119. The molecule has 5 aromatic rings. The van der Waals surface area contributed by atoms with Gasteiger partial charge in [-0.2, -0.15) is 9.97 Å². The highest BCUT2D eigenvalue weighted by atomic mass is 32.2. The number of carbonyl (C=O) groups is 1. The van der Waals surface area contributed by atoms with E-state index in [1.807, 2.05) is 6.07 Å². The van der Waals surface area contributed by atoms with Crippen molar-refractivity contribution in [1.29, 1.82) is 0 Å². The first kappa shape index (κ1) is 29.7. The van der Waals surface area contributed by atoms with Crippen LogP contribution in [-0.2, 0) is 20.6 Å². The van der Waals surface area contributed by atoms with E-state index < -0.39 is 22.0 Å². The molecule has 0 bridgehead atoms. The predicted molar refractivity (Wildman–Crippen MR) is 168 cm³/mol. The second kappa shape index (κ2) is 12.0. The Kier molecular flexibility index (Phi) is 7.93. The monoisotopic (exact) mass is 632 g/mol. The number of hydrogen-bond donors (Lipinski definition) is 2. The van der Waals surface area contributed by atoms with Crippen LogP contribution < -0.4 is 30.2 Å². The molecule has 1 saturated heterocycles. The topological polar surface area (TPSA) is 169 Å². The molecule has 6 rings (SSSR count). The molecule has 0 aliphatic carbocycles. The molecule has 0 spiro atoms. The maximum Gasteiger partial charge on any atom is 0.244 e. The number of aromatic nitrogens is 5. The number of imidazole rings is 1. The Morgan fingerprint density at radius 3 is 2.44 bits per heavy atom. The number of rotatable bonds is 11. The molecule has 1 aliphatic rings. The van der Waals surface area contributed by atoms with Crippen LogP contribution in [0, 0.1) is 0 Å². The molecule has 1 amide bonds. The highest BCUT2D eigenvalue weighted by Gasteiger charge is 2.32. The number of nitrogens with zero attached hydrogens (tertiary/aromatic N) is 6. The summed E-state index contributed by atoms with van der Waals surface area (Å²) in [6.07, 6.45) is 6.05. The Bertz CT molecular complexity index is 1950. The Hall–Kier alpha value is -5.31.